The summed E-state index contributed by atoms with van der Waals surface area (Å²) in [6, 6.07) is 15.9. The number of piperidine rings is 1. The van der Waals surface area contributed by atoms with E-state index >= 15 is 0 Å². The molecule has 0 radical (unpaired) electrons. The van der Waals surface area contributed by atoms with Crippen LogP contribution in [0.4, 0.5) is 0 Å². The highest BCUT2D eigenvalue weighted by Crippen LogP contribution is 2.29. The molecule has 4 rings (SSSR count). The molecule has 1 aromatic carbocycles. The van der Waals surface area contributed by atoms with E-state index in [0.29, 0.717) is 12.1 Å². The van der Waals surface area contributed by atoms with Gasteiger partial charge in [0.15, 0.2) is 0 Å². The van der Waals surface area contributed by atoms with Gasteiger partial charge < -0.3 is 10.1 Å². The summed E-state index contributed by atoms with van der Waals surface area (Å²) >= 11 is 0. The van der Waals surface area contributed by atoms with E-state index in [4.69, 9.17) is 4.74 Å². The van der Waals surface area contributed by atoms with Crippen molar-refractivity contribution in [1.82, 2.24) is 15.2 Å². The van der Waals surface area contributed by atoms with Gasteiger partial charge >= 0.3 is 0 Å². The van der Waals surface area contributed by atoms with E-state index in [1.54, 1.807) is 0 Å². The minimum absolute atomic E-state index is 0.149. The Kier molecular flexibility index (Phi) is 5.95. The molecule has 138 valence electrons. The predicted molar refractivity (Wildman–Crippen MR) is 104 cm³/mol. The van der Waals surface area contributed by atoms with Crippen LogP contribution in [0.3, 0.4) is 0 Å². The summed E-state index contributed by atoms with van der Waals surface area (Å²) in [7, 11) is 0. The van der Waals surface area contributed by atoms with Gasteiger partial charge in [-0.1, -0.05) is 30.3 Å². The molecule has 2 aliphatic heterocycles. The number of hydrogen-bond donors (Lipinski definition) is 1. The van der Waals surface area contributed by atoms with Gasteiger partial charge in [-0.15, -0.1) is 0 Å². The normalized spacial score (nSPS) is 27.3. The Labute approximate surface area is 156 Å². The van der Waals surface area contributed by atoms with Gasteiger partial charge in [0, 0.05) is 44.2 Å². The third-order valence-electron chi connectivity index (χ3n) is 5.56. The maximum atomic E-state index is 6.14. The average molecular weight is 351 g/mol. The minimum atomic E-state index is 0.149. The van der Waals surface area contributed by atoms with E-state index in [1.165, 1.54) is 36.9 Å². The lowest BCUT2D eigenvalue weighted by Crippen LogP contribution is -2.51. The zero-order chi connectivity index (χ0) is 17.6. The van der Waals surface area contributed by atoms with Crippen LogP contribution in [0.1, 0.15) is 42.9 Å². The molecule has 3 heterocycles. The molecule has 26 heavy (non-hydrogen) atoms. The second kappa shape index (κ2) is 8.76. The van der Waals surface area contributed by atoms with Gasteiger partial charge in [0.2, 0.25) is 0 Å². The number of nitrogens with one attached hydrogen (secondary N) is 1. The van der Waals surface area contributed by atoms with Crippen molar-refractivity contribution < 1.29 is 4.74 Å². The summed E-state index contributed by atoms with van der Waals surface area (Å²) < 4.78 is 6.14. The summed E-state index contributed by atoms with van der Waals surface area (Å²) in [5, 5.41) is 3.94. The lowest BCUT2D eigenvalue weighted by Gasteiger charge is -2.39. The molecule has 0 spiro atoms. The summed E-state index contributed by atoms with van der Waals surface area (Å²) in [5.74, 6) is 0. The van der Waals surface area contributed by atoms with Crippen LogP contribution in [-0.4, -0.2) is 41.7 Å². The van der Waals surface area contributed by atoms with Crippen LogP contribution >= 0.6 is 0 Å². The van der Waals surface area contributed by atoms with Crippen molar-refractivity contribution in [1.29, 1.82) is 0 Å². The number of aromatic nitrogens is 1. The van der Waals surface area contributed by atoms with Crippen molar-refractivity contribution >= 4 is 0 Å². The smallest absolute Gasteiger partial charge is 0.0978 e. The largest absolute Gasteiger partial charge is 0.372 e. The molecule has 4 nitrogen and oxygen atoms in total. The summed E-state index contributed by atoms with van der Waals surface area (Å²) in [6.07, 6.45) is 8.72. The van der Waals surface area contributed by atoms with Crippen LogP contribution < -0.4 is 5.32 Å². The number of likely N-dealkylation sites (tertiary alicyclic amines) is 1. The second-order valence-corrected chi connectivity index (χ2v) is 7.55. The quantitative estimate of drug-likeness (QED) is 0.894. The highest BCUT2D eigenvalue weighted by molar-refractivity contribution is 5.17. The Bertz CT molecular complexity index is 664. The molecule has 1 aromatic heterocycles. The first-order valence-corrected chi connectivity index (χ1v) is 9.92. The molecule has 2 aromatic rings. The third kappa shape index (κ3) is 4.50. The first-order chi connectivity index (χ1) is 12.9. The van der Waals surface area contributed by atoms with Crippen LogP contribution in [0, 0.1) is 0 Å². The van der Waals surface area contributed by atoms with Crippen LogP contribution in [0.15, 0.2) is 54.9 Å². The highest BCUT2D eigenvalue weighted by Gasteiger charge is 2.30. The van der Waals surface area contributed by atoms with E-state index in [2.05, 4.69) is 57.7 Å². The maximum Gasteiger partial charge on any atom is 0.0978 e. The molecule has 2 fully saturated rings. The Morgan fingerprint density at radius 3 is 2.73 bits per heavy atom. The van der Waals surface area contributed by atoms with E-state index in [0.717, 1.165) is 26.1 Å². The number of rotatable bonds is 5. The highest BCUT2D eigenvalue weighted by atomic mass is 16.5. The van der Waals surface area contributed by atoms with E-state index in [1.807, 2.05) is 12.4 Å². The maximum absolute atomic E-state index is 6.14. The van der Waals surface area contributed by atoms with Gasteiger partial charge in [0.25, 0.3) is 0 Å². The van der Waals surface area contributed by atoms with Crippen LogP contribution in [-0.2, 0) is 11.3 Å². The van der Waals surface area contributed by atoms with Crippen LogP contribution in [0.5, 0.6) is 0 Å². The van der Waals surface area contributed by atoms with Crippen molar-refractivity contribution in [3.8, 4) is 0 Å². The van der Waals surface area contributed by atoms with E-state index in [-0.39, 0.29) is 6.10 Å². The molecular formula is C22H29N3O. The van der Waals surface area contributed by atoms with E-state index < -0.39 is 0 Å². The van der Waals surface area contributed by atoms with Gasteiger partial charge in [-0.25, -0.2) is 0 Å². The second-order valence-electron chi connectivity index (χ2n) is 7.55. The number of hydrogen-bond acceptors (Lipinski definition) is 4. The molecule has 4 heteroatoms. The first-order valence-electron chi connectivity index (χ1n) is 9.92. The first kappa shape index (κ1) is 17.7. The minimum Gasteiger partial charge on any atom is -0.372 e. The molecule has 2 aliphatic rings. The SMILES string of the molecule is c1ccc(CN2CCCC(N[C@H]3CCCO[C@@H]3c3ccncc3)C2)cc1. The number of pyridine rings is 1. The predicted octanol–water partition coefficient (Wildman–Crippen LogP) is 3.56. The summed E-state index contributed by atoms with van der Waals surface area (Å²) in [5.41, 5.74) is 2.65. The Hall–Kier alpha value is -1.75. The Balaban J connectivity index is 1.37. The molecule has 0 aliphatic carbocycles. The van der Waals surface area contributed by atoms with Crippen molar-refractivity contribution in [3.63, 3.8) is 0 Å². The lowest BCUT2D eigenvalue weighted by molar-refractivity contribution is -0.0169. The van der Waals surface area contributed by atoms with Crippen molar-refractivity contribution in [2.24, 2.45) is 0 Å². The zero-order valence-corrected chi connectivity index (χ0v) is 15.4. The number of benzene rings is 1. The topological polar surface area (TPSA) is 37.4 Å². The number of ether oxygens (including phenoxy) is 1. The fraction of sp³-hybridized carbons (Fsp3) is 0.500. The number of nitrogens with zero attached hydrogens (tertiary/aromatic N) is 2. The monoisotopic (exact) mass is 351 g/mol. The van der Waals surface area contributed by atoms with Crippen molar-refractivity contribution in [2.75, 3.05) is 19.7 Å². The summed E-state index contributed by atoms with van der Waals surface area (Å²) in [4.78, 5) is 6.73. The fourth-order valence-corrected chi connectivity index (χ4v) is 4.31. The molecule has 0 bridgehead atoms. The molecule has 1 N–H and O–H groups in total. The molecular weight excluding hydrogens is 322 g/mol. The van der Waals surface area contributed by atoms with Crippen LogP contribution in [0.2, 0.25) is 0 Å². The molecule has 0 saturated carbocycles. The third-order valence-corrected chi connectivity index (χ3v) is 5.56. The zero-order valence-electron chi connectivity index (χ0n) is 15.4. The van der Waals surface area contributed by atoms with Crippen molar-refractivity contribution in [3.05, 3.63) is 66.0 Å². The summed E-state index contributed by atoms with van der Waals surface area (Å²) in [6.45, 7) is 4.22. The van der Waals surface area contributed by atoms with Gasteiger partial charge in [0.1, 0.15) is 0 Å². The Morgan fingerprint density at radius 2 is 1.88 bits per heavy atom. The molecule has 0 amide bonds. The lowest BCUT2D eigenvalue weighted by atomic mass is 9.94. The van der Waals surface area contributed by atoms with Gasteiger partial charge in [-0.05, 0) is 55.5 Å². The average Bonchev–Trinajstić information content (AvgIpc) is 2.70. The van der Waals surface area contributed by atoms with Crippen molar-refractivity contribution in [2.45, 2.75) is 50.4 Å². The van der Waals surface area contributed by atoms with E-state index in [9.17, 15) is 0 Å². The fourth-order valence-electron chi connectivity index (χ4n) is 4.31. The standard InChI is InChI=1S/C22H29N3O/c1-2-6-18(7-3-1)16-25-14-4-8-20(17-25)24-21-9-5-15-26-22(21)19-10-12-23-13-11-19/h1-3,6-7,10-13,20-22,24H,4-5,8-9,14-17H2/t20?,21-,22+/m0/s1. The van der Waals surface area contributed by atoms with Gasteiger partial charge in [0.05, 0.1) is 6.10 Å². The van der Waals surface area contributed by atoms with Gasteiger partial charge in [-0.3, -0.25) is 9.88 Å². The van der Waals surface area contributed by atoms with Crippen LogP contribution in [0.25, 0.3) is 0 Å². The molecule has 3 atom stereocenters. The molecule has 1 unspecified atom stereocenters. The molecule has 2 saturated heterocycles. The Morgan fingerprint density at radius 1 is 1.04 bits per heavy atom. The van der Waals surface area contributed by atoms with Gasteiger partial charge in [-0.2, -0.15) is 0 Å².